The number of aliphatic hydroxyl groups excluding tert-OH is 1. The Morgan fingerprint density at radius 3 is 2.43 bits per heavy atom. The minimum absolute atomic E-state index is 0.610. The van der Waals surface area contributed by atoms with Crippen molar-refractivity contribution in [1.82, 2.24) is 0 Å². The molecule has 0 saturated heterocycles. The summed E-state index contributed by atoms with van der Waals surface area (Å²) in [6, 6.07) is 12.3. The molecule has 1 atom stereocenters. The van der Waals surface area contributed by atoms with Gasteiger partial charge in [0.2, 0.25) is 0 Å². The lowest BCUT2D eigenvalue weighted by Gasteiger charge is -2.18. The Bertz CT molecular complexity index is 617. The van der Waals surface area contributed by atoms with Gasteiger partial charge in [0.1, 0.15) is 11.9 Å². The molecular weight excluding hydrogens is 260 g/mol. The molecular formula is C19H24O2. The average Bonchev–Trinajstić information content (AvgIpc) is 2.54. The summed E-state index contributed by atoms with van der Waals surface area (Å²) >= 11 is 0. The van der Waals surface area contributed by atoms with Gasteiger partial charge in [0.05, 0.1) is 7.11 Å². The summed E-state index contributed by atoms with van der Waals surface area (Å²) < 4.78 is 5.36. The molecule has 2 aromatic rings. The Morgan fingerprint density at radius 2 is 1.81 bits per heavy atom. The third-order valence-electron chi connectivity index (χ3n) is 4.04. The van der Waals surface area contributed by atoms with Crippen molar-refractivity contribution in [2.75, 3.05) is 7.11 Å². The lowest BCUT2D eigenvalue weighted by molar-refractivity contribution is 0.218. The summed E-state index contributed by atoms with van der Waals surface area (Å²) in [5, 5.41) is 10.8. The Balaban J connectivity index is 2.45. The Morgan fingerprint density at radius 1 is 1.05 bits per heavy atom. The van der Waals surface area contributed by atoms with Crippen molar-refractivity contribution in [2.45, 2.75) is 39.7 Å². The third kappa shape index (κ3) is 3.27. The monoisotopic (exact) mass is 284 g/mol. The van der Waals surface area contributed by atoms with Gasteiger partial charge in [-0.15, -0.1) is 0 Å². The number of rotatable bonds is 5. The molecule has 0 aliphatic rings. The van der Waals surface area contributed by atoms with E-state index in [9.17, 15) is 5.11 Å². The summed E-state index contributed by atoms with van der Waals surface area (Å²) in [6.07, 6.45) is 1.28. The van der Waals surface area contributed by atoms with Gasteiger partial charge >= 0.3 is 0 Å². The summed E-state index contributed by atoms with van der Waals surface area (Å²) in [4.78, 5) is 0. The molecule has 1 N–H and O–H groups in total. The molecule has 0 fully saturated rings. The maximum Gasteiger partial charge on any atom is 0.122 e. The molecule has 0 aliphatic carbocycles. The number of methoxy groups -OCH3 is 1. The molecule has 2 heteroatoms. The van der Waals surface area contributed by atoms with Gasteiger partial charge in [0, 0.05) is 0 Å². The van der Waals surface area contributed by atoms with Crippen LogP contribution in [0.5, 0.6) is 5.75 Å². The first-order valence-electron chi connectivity index (χ1n) is 7.55. The number of aryl methyl sites for hydroxylation is 3. The van der Waals surface area contributed by atoms with Crippen LogP contribution in [0.25, 0.3) is 0 Å². The number of hydrogen-bond donors (Lipinski definition) is 1. The molecule has 0 heterocycles. The van der Waals surface area contributed by atoms with Crippen molar-refractivity contribution < 1.29 is 9.84 Å². The highest BCUT2D eigenvalue weighted by Crippen LogP contribution is 2.30. The number of hydrogen-bond acceptors (Lipinski definition) is 2. The second-order valence-electron chi connectivity index (χ2n) is 5.37. The van der Waals surface area contributed by atoms with Crippen LogP contribution in [0, 0.1) is 6.92 Å². The maximum absolute atomic E-state index is 10.8. The first-order valence-corrected chi connectivity index (χ1v) is 7.55. The second kappa shape index (κ2) is 6.77. The topological polar surface area (TPSA) is 29.5 Å². The van der Waals surface area contributed by atoms with Gasteiger partial charge in [-0.2, -0.15) is 0 Å². The van der Waals surface area contributed by atoms with Crippen LogP contribution in [0.4, 0.5) is 0 Å². The molecule has 0 aliphatic heterocycles. The van der Waals surface area contributed by atoms with Gasteiger partial charge in [-0.3, -0.25) is 0 Å². The van der Waals surface area contributed by atoms with Crippen LogP contribution in [0.3, 0.4) is 0 Å². The zero-order valence-electron chi connectivity index (χ0n) is 13.3. The molecule has 2 nitrogen and oxygen atoms in total. The highest BCUT2D eigenvalue weighted by molar-refractivity contribution is 5.43. The zero-order valence-corrected chi connectivity index (χ0v) is 13.3. The van der Waals surface area contributed by atoms with E-state index in [1.165, 1.54) is 11.1 Å². The van der Waals surface area contributed by atoms with E-state index < -0.39 is 6.10 Å². The normalized spacial score (nSPS) is 12.2. The van der Waals surface area contributed by atoms with Gasteiger partial charge in [-0.25, -0.2) is 0 Å². The molecule has 0 saturated carbocycles. The summed E-state index contributed by atoms with van der Waals surface area (Å²) in [5.41, 5.74) is 5.40. The smallest absolute Gasteiger partial charge is 0.122 e. The highest BCUT2D eigenvalue weighted by Gasteiger charge is 2.16. The molecule has 112 valence electrons. The molecule has 0 amide bonds. The molecule has 0 aromatic heterocycles. The fraction of sp³-hybridized carbons (Fsp3) is 0.368. The fourth-order valence-corrected chi connectivity index (χ4v) is 2.63. The Labute approximate surface area is 127 Å². The van der Waals surface area contributed by atoms with Crippen LogP contribution in [0.1, 0.15) is 47.8 Å². The predicted molar refractivity (Wildman–Crippen MR) is 87.0 cm³/mol. The molecule has 0 radical (unpaired) electrons. The Kier molecular flexibility index (Phi) is 5.03. The van der Waals surface area contributed by atoms with Crippen molar-refractivity contribution in [3.05, 3.63) is 64.2 Å². The largest absolute Gasteiger partial charge is 0.496 e. The van der Waals surface area contributed by atoms with Gasteiger partial charge < -0.3 is 9.84 Å². The SMILES string of the molecule is CCc1ccc(CC)c(C(O)c2ccc(C)c(OC)c2)c1. The standard InChI is InChI=1S/C19H24O2/c1-5-14-8-10-15(6-2)17(11-14)19(20)16-9-7-13(3)18(12-16)21-4/h7-12,19-20H,5-6H2,1-4H3. The van der Waals surface area contributed by atoms with E-state index in [-0.39, 0.29) is 0 Å². The summed E-state index contributed by atoms with van der Waals surface area (Å²) in [6.45, 7) is 6.25. The highest BCUT2D eigenvalue weighted by atomic mass is 16.5. The van der Waals surface area contributed by atoms with E-state index in [2.05, 4.69) is 32.0 Å². The van der Waals surface area contributed by atoms with Crippen LogP contribution < -0.4 is 4.74 Å². The molecule has 1 unspecified atom stereocenters. The van der Waals surface area contributed by atoms with E-state index in [1.54, 1.807) is 7.11 Å². The average molecular weight is 284 g/mol. The van der Waals surface area contributed by atoms with Crippen molar-refractivity contribution in [1.29, 1.82) is 0 Å². The molecule has 2 aromatic carbocycles. The molecule has 0 bridgehead atoms. The summed E-state index contributed by atoms with van der Waals surface area (Å²) in [7, 11) is 1.66. The van der Waals surface area contributed by atoms with E-state index in [4.69, 9.17) is 4.74 Å². The fourth-order valence-electron chi connectivity index (χ4n) is 2.63. The minimum Gasteiger partial charge on any atom is -0.496 e. The van der Waals surface area contributed by atoms with Crippen molar-refractivity contribution in [2.24, 2.45) is 0 Å². The molecule has 0 spiro atoms. The lowest BCUT2D eigenvalue weighted by Crippen LogP contribution is -2.05. The maximum atomic E-state index is 10.8. The molecule has 21 heavy (non-hydrogen) atoms. The predicted octanol–water partition coefficient (Wildman–Crippen LogP) is 4.21. The lowest BCUT2D eigenvalue weighted by atomic mass is 9.92. The zero-order chi connectivity index (χ0) is 15.4. The van der Waals surface area contributed by atoms with Gasteiger partial charge in [0.25, 0.3) is 0 Å². The quantitative estimate of drug-likeness (QED) is 0.891. The van der Waals surface area contributed by atoms with E-state index in [1.807, 2.05) is 25.1 Å². The van der Waals surface area contributed by atoms with Crippen molar-refractivity contribution in [3.63, 3.8) is 0 Å². The van der Waals surface area contributed by atoms with Crippen molar-refractivity contribution >= 4 is 0 Å². The van der Waals surface area contributed by atoms with Crippen LogP contribution >= 0.6 is 0 Å². The van der Waals surface area contributed by atoms with Gasteiger partial charge in [-0.05, 0) is 53.6 Å². The number of aliphatic hydroxyl groups is 1. The minimum atomic E-state index is -0.610. The Hall–Kier alpha value is -1.80. The van der Waals surface area contributed by atoms with Crippen molar-refractivity contribution in [3.8, 4) is 5.75 Å². The van der Waals surface area contributed by atoms with Gasteiger partial charge in [-0.1, -0.05) is 44.2 Å². The third-order valence-corrected chi connectivity index (χ3v) is 4.04. The van der Waals surface area contributed by atoms with Gasteiger partial charge in [0.15, 0.2) is 0 Å². The van der Waals surface area contributed by atoms with E-state index in [0.29, 0.717) is 0 Å². The van der Waals surface area contributed by atoms with Crippen LogP contribution in [0.15, 0.2) is 36.4 Å². The van der Waals surface area contributed by atoms with Crippen LogP contribution in [0.2, 0.25) is 0 Å². The van der Waals surface area contributed by atoms with Crippen LogP contribution in [-0.2, 0) is 12.8 Å². The van der Waals surface area contributed by atoms with Crippen LogP contribution in [-0.4, -0.2) is 12.2 Å². The number of ether oxygens (including phenoxy) is 1. The number of benzene rings is 2. The van der Waals surface area contributed by atoms with E-state index >= 15 is 0 Å². The first-order chi connectivity index (χ1) is 10.1. The summed E-state index contributed by atoms with van der Waals surface area (Å²) in [5.74, 6) is 0.816. The second-order valence-corrected chi connectivity index (χ2v) is 5.37. The van der Waals surface area contributed by atoms with E-state index in [0.717, 1.165) is 35.3 Å². The first kappa shape index (κ1) is 15.6. The molecule has 2 rings (SSSR count).